The summed E-state index contributed by atoms with van der Waals surface area (Å²) in [4.78, 5) is 12.8. The standard InChI is InChI=1S/C9H20NO5P/c1-8(2)10(6-9(11)13-3)7-16(12,14-4)15-5/h8H,6-7H2,1-5H3. The van der Waals surface area contributed by atoms with Gasteiger partial charge in [-0.05, 0) is 13.8 Å². The van der Waals surface area contributed by atoms with Gasteiger partial charge < -0.3 is 13.8 Å². The SMILES string of the molecule is COC(=O)CN(CP(=O)(OC)OC)C(C)C. The maximum Gasteiger partial charge on any atom is 0.344 e. The lowest BCUT2D eigenvalue weighted by molar-refractivity contribution is -0.142. The molecule has 0 saturated heterocycles. The van der Waals surface area contributed by atoms with Gasteiger partial charge in [0.15, 0.2) is 0 Å². The average Bonchev–Trinajstić information content (AvgIpc) is 2.27. The highest BCUT2D eigenvalue weighted by molar-refractivity contribution is 7.53. The normalized spacial score (nSPS) is 12.2. The highest BCUT2D eigenvalue weighted by Crippen LogP contribution is 2.46. The summed E-state index contributed by atoms with van der Waals surface area (Å²) in [6.45, 7) is 3.84. The summed E-state index contributed by atoms with van der Waals surface area (Å²) < 4.78 is 26.1. The first kappa shape index (κ1) is 15.6. The molecule has 0 radical (unpaired) electrons. The van der Waals surface area contributed by atoms with Crippen molar-refractivity contribution >= 4 is 13.6 Å². The second-order valence-corrected chi connectivity index (χ2v) is 5.77. The molecule has 0 aliphatic carbocycles. The van der Waals surface area contributed by atoms with Crippen molar-refractivity contribution in [1.82, 2.24) is 4.90 Å². The van der Waals surface area contributed by atoms with E-state index in [9.17, 15) is 9.36 Å². The molecule has 0 rings (SSSR count). The van der Waals surface area contributed by atoms with Crippen LogP contribution in [-0.2, 0) is 23.1 Å². The molecule has 0 unspecified atom stereocenters. The van der Waals surface area contributed by atoms with E-state index >= 15 is 0 Å². The van der Waals surface area contributed by atoms with Crippen molar-refractivity contribution in [3.05, 3.63) is 0 Å². The lowest BCUT2D eigenvalue weighted by Crippen LogP contribution is -2.37. The Kier molecular flexibility index (Phi) is 6.83. The minimum atomic E-state index is -3.14. The van der Waals surface area contributed by atoms with Gasteiger partial charge in [-0.15, -0.1) is 0 Å². The van der Waals surface area contributed by atoms with Crippen LogP contribution in [0.5, 0.6) is 0 Å². The second kappa shape index (κ2) is 7.01. The van der Waals surface area contributed by atoms with Crippen LogP contribution < -0.4 is 0 Å². The highest BCUT2D eigenvalue weighted by Gasteiger charge is 2.28. The van der Waals surface area contributed by atoms with E-state index in [1.807, 2.05) is 13.8 Å². The van der Waals surface area contributed by atoms with Crippen LogP contribution in [0.4, 0.5) is 0 Å². The summed E-state index contributed by atoms with van der Waals surface area (Å²) >= 11 is 0. The zero-order chi connectivity index (χ0) is 12.8. The molecular formula is C9H20NO5P. The van der Waals surface area contributed by atoms with Gasteiger partial charge >= 0.3 is 13.6 Å². The topological polar surface area (TPSA) is 65.1 Å². The number of hydrogen-bond donors (Lipinski definition) is 0. The number of ether oxygens (including phenoxy) is 1. The minimum Gasteiger partial charge on any atom is -0.468 e. The number of esters is 1. The maximum absolute atomic E-state index is 11.9. The Labute approximate surface area is 96.4 Å². The monoisotopic (exact) mass is 253 g/mol. The van der Waals surface area contributed by atoms with Gasteiger partial charge in [0.1, 0.15) is 6.29 Å². The molecule has 16 heavy (non-hydrogen) atoms. The number of rotatable bonds is 7. The smallest absolute Gasteiger partial charge is 0.344 e. The van der Waals surface area contributed by atoms with Gasteiger partial charge in [-0.25, -0.2) is 0 Å². The molecule has 0 saturated carbocycles. The second-order valence-electron chi connectivity index (χ2n) is 3.53. The summed E-state index contributed by atoms with van der Waals surface area (Å²) in [6, 6.07) is 0.0396. The molecule has 6 nitrogen and oxygen atoms in total. The van der Waals surface area contributed by atoms with Gasteiger partial charge in [0.05, 0.1) is 13.7 Å². The number of carbonyl (C=O) groups is 1. The molecule has 0 fully saturated rings. The first-order valence-electron chi connectivity index (χ1n) is 4.90. The van der Waals surface area contributed by atoms with Crippen LogP contribution >= 0.6 is 7.60 Å². The van der Waals surface area contributed by atoms with Crippen LogP contribution in [0.3, 0.4) is 0 Å². The molecule has 0 aliphatic rings. The predicted molar refractivity (Wildman–Crippen MR) is 60.3 cm³/mol. The molecule has 0 N–H and O–H groups in total. The van der Waals surface area contributed by atoms with Crippen molar-refractivity contribution in [1.29, 1.82) is 0 Å². The molecule has 96 valence electrons. The number of nitrogens with zero attached hydrogens (tertiary/aromatic N) is 1. The summed E-state index contributed by atoms with van der Waals surface area (Å²) in [5.41, 5.74) is 0. The average molecular weight is 253 g/mol. The van der Waals surface area contributed by atoms with Crippen molar-refractivity contribution in [3.8, 4) is 0 Å². The van der Waals surface area contributed by atoms with Gasteiger partial charge in [-0.2, -0.15) is 0 Å². The van der Waals surface area contributed by atoms with Crippen LogP contribution in [-0.4, -0.2) is 51.1 Å². The zero-order valence-corrected chi connectivity index (χ0v) is 11.3. The molecule has 0 heterocycles. The Balaban J connectivity index is 4.56. The molecule has 0 atom stereocenters. The van der Waals surface area contributed by atoms with E-state index in [-0.39, 0.29) is 24.8 Å². The highest BCUT2D eigenvalue weighted by atomic mass is 31.2. The first-order valence-corrected chi connectivity index (χ1v) is 6.62. The van der Waals surface area contributed by atoms with E-state index in [1.165, 1.54) is 21.3 Å². The zero-order valence-electron chi connectivity index (χ0n) is 10.4. The first-order chi connectivity index (χ1) is 7.38. The lowest BCUT2D eigenvalue weighted by atomic mass is 10.3. The van der Waals surface area contributed by atoms with Crippen molar-refractivity contribution in [3.63, 3.8) is 0 Å². The molecule has 0 amide bonds. The Morgan fingerprint density at radius 1 is 1.25 bits per heavy atom. The predicted octanol–water partition coefficient (Wildman–Crippen LogP) is 1.31. The van der Waals surface area contributed by atoms with E-state index in [0.29, 0.717) is 0 Å². The van der Waals surface area contributed by atoms with Gasteiger partial charge in [0.2, 0.25) is 0 Å². The van der Waals surface area contributed by atoms with E-state index in [4.69, 9.17) is 9.05 Å². The summed E-state index contributed by atoms with van der Waals surface area (Å²) in [6.07, 6.45) is 0.0623. The third-order valence-corrected chi connectivity index (χ3v) is 4.02. The van der Waals surface area contributed by atoms with Crippen molar-refractivity contribution in [2.75, 3.05) is 34.2 Å². The Bertz CT molecular complexity index is 261. The maximum atomic E-state index is 11.9. The third kappa shape index (κ3) is 5.07. The fraction of sp³-hybridized carbons (Fsp3) is 0.889. The van der Waals surface area contributed by atoms with E-state index in [1.54, 1.807) is 4.90 Å². The molecule has 0 aromatic heterocycles. The van der Waals surface area contributed by atoms with Crippen molar-refractivity contribution < 1.29 is 23.1 Å². The van der Waals surface area contributed by atoms with Crippen LogP contribution in [0.2, 0.25) is 0 Å². The largest absolute Gasteiger partial charge is 0.468 e. The fourth-order valence-corrected chi connectivity index (χ4v) is 2.29. The van der Waals surface area contributed by atoms with Gasteiger partial charge in [-0.1, -0.05) is 0 Å². The molecule has 0 aliphatic heterocycles. The van der Waals surface area contributed by atoms with E-state index in [2.05, 4.69) is 4.74 Å². The van der Waals surface area contributed by atoms with Crippen LogP contribution in [0.25, 0.3) is 0 Å². The molecule has 0 bridgehead atoms. The van der Waals surface area contributed by atoms with E-state index in [0.717, 1.165) is 0 Å². The minimum absolute atomic E-state index is 0.0396. The third-order valence-electron chi connectivity index (χ3n) is 2.20. The number of methoxy groups -OCH3 is 1. The van der Waals surface area contributed by atoms with Crippen molar-refractivity contribution in [2.45, 2.75) is 19.9 Å². The molecular weight excluding hydrogens is 233 g/mol. The fourth-order valence-electron chi connectivity index (χ4n) is 1.04. The van der Waals surface area contributed by atoms with Crippen LogP contribution in [0.1, 0.15) is 13.8 Å². The van der Waals surface area contributed by atoms with Crippen molar-refractivity contribution in [2.24, 2.45) is 0 Å². The van der Waals surface area contributed by atoms with Gasteiger partial charge in [-0.3, -0.25) is 14.3 Å². The van der Waals surface area contributed by atoms with Gasteiger partial charge in [0, 0.05) is 20.3 Å². The Hall–Kier alpha value is -0.420. The number of carbonyl (C=O) groups excluding carboxylic acids is 1. The van der Waals surface area contributed by atoms with Crippen LogP contribution in [0, 0.1) is 0 Å². The summed E-state index contributed by atoms with van der Waals surface area (Å²) in [5, 5.41) is 0. The lowest BCUT2D eigenvalue weighted by Gasteiger charge is -2.27. The summed E-state index contributed by atoms with van der Waals surface area (Å²) in [5.74, 6) is -0.382. The van der Waals surface area contributed by atoms with Gasteiger partial charge in [0.25, 0.3) is 0 Å². The quantitative estimate of drug-likeness (QED) is 0.503. The molecule has 0 aromatic carbocycles. The molecule has 0 spiro atoms. The van der Waals surface area contributed by atoms with Crippen LogP contribution in [0.15, 0.2) is 0 Å². The Morgan fingerprint density at radius 2 is 1.75 bits per heavy atom. The van der Waals surface area contributed by atoms with E-state index < -0.39 is 7.60 Å². The Morgan fingerprint density at radius 3 is 2.06 bits per heavy atom. The molecule has 7 heteroatoms. The molecule has 0 aromatic rings. The summed E-state index contributed by atoms with van der Waals surface area (Å²) in [7, 11) is 0.814. The number of hydrogen-bond acceptors (Lipinski definition) is 6.